The minimum absolute atomic E-state index is 0.0621. The molecule has 0 heterocycles. The third-order valence-corrected chi connectivity index (χ3v) is 3.18. The zero-order valence-electron chi connectivity index (χ0n) is 10.5. The molecule has 1 amide bonds. The molecule has 3 heteroatoms. The van der Waals surface area contributed by atoms with Crippen LogP contribution in [0.5, 0.6) is 5.75 Å². The van der Waals surface area contributed by atoms with Gasteiger partial charge in [0.15, 0.2) is 6.61 Å². The zero-order chi connectivity index (χ0) is 12.3. The van der Waals surface area contributed by atoms with Gasteiger partial charge in [-0.1, -0.05) is 19.1 Å². The maximum Gasteiger partial charge on any atom is 0.260 e. The number of carbonyl (C=O) groups excluding carboxylic acids is 1. The number of amides is 1. The lowest BCUT2D eigenvalue weighted by Gasteiger charge is -2.16. The molecule has 92 valence electrons. The van der Waals surface area contributed by atoms with E-state index in [9.17, 15) is 4.79 Å². The minimum atomic E-state index is 0.0621. The average molecular weight is 233 g/mol. The number of hydrogen-bond donors (Lipinski definition) is 0. The molecule has 0 spiro atoms. The van der Waals surface area contributed by atoms with Gasteiger partial charge in [0.1, 0.15) is 5.75 Å². The summed E-state index contributed by atoms with van der Waals surface area (Å²) in [4.78, 5) is 13.5. The van der Waals surface area contributed by atoms with E-state index in [1.807, 2.05) is 31.3 Å². The van der Waals surface area contributed by atoms with Gasteiger partial charge in [0, 0.05) is 13.1 Å². The Bertz CT molecular complexity index is 382. The molecular formula is C14H19NO2. The maximum atomic E-state index is 11.7. The van der Waals surface area contributed by atoms with E-state index < -0.39 is 0 Å². The van der Waals surface area contributed by atoms with E-state index in [0.29, 0.717) is 6.04 Å². The molecule has 0 bridgehead atoms. The molecule has 0 saturated heterocycles. The summed E-state index contributed by atoms with van der Waals surface area (Å²) >= 11 is 0. The van der Waals surface area contributed by atoms with Crippen molar-refractivity contribution in [3.8, 4) is 5.75 Å². The number of likely N-dealkylation sites (N-methyl/N-ethyl adjacent to an activating group) is 1. The van der Waals surface area contributed by atoms with Gasteiger partial charge in [0.05, 0.1) is 0 Å². The largest absolute Gasteiger partial charge is 0.484 e. The summed E-state index contributed by atoms with van der Waals surface area (Å²) in [5.74, 6) is 0.826. The van der Waals surface area contributed by atoms with Crippen molar-refractivity contribution in [3.63, 3.8) is 0 Å². The first-order chi connectivity index (χ1) is 8.20. The molecule has 17 heavy (non-hydrogen) atoms. The lowest BCUT2D eigenvalue weighted by atomic mass is 10.2. The van der Waals surface area contributed by atoms with Gasteiger partial charge in [-0.3, -0.25) is 4.79 Å². The van der Waals surface area contributed by atoms with Crippen LogP contribution in [-0.2, 0) is 11.2 Å². The Morgan fingerprint density at radius 2 is 2.00 bits per heavy atom. The van der Waals surface area contributed by atoms with Gasteiger partial charge in [-0.05, 0) is 37.0 Å². The number of nitrogens with zero attached hydrogens (tertiary/aromatic N) is 1. The Morgan fingerprint density at radius 1 is 1.35 bits per heavy atom. The molecule has 0 aliphatic heterocycles. The van der Waals surface area contributed by atoms with Crippen molar-refractivity contribution in [1.29, 1.82) is 0 Å². The molecule has 1 aliphatic carbocycles. The summed E-state index contributed by atoms with van der Waals surface area (Å²) in [5.41, 5.74) is 1.28. The summed E-state index contributed by atoms with van der Waals surface area (Å²) in [6, 6.07) is 8.36. The predicted molar refractivity (Wildman–Crippen MR) is 67.1 cm³/mol. The predicted octanol–water partition coefficient (Wildman–Crippen LogP) is 2.25. The minimum Gasteiger partial charge on any atom is -0.484 e. The molecule has 0 radical (unpaired) electrons. The first-order valence-electron chi connectivity index (χ1n) is 6.18. The van der Waals surface area contributed by atoms with Gasteiger partial charge in [-0.15, -0.1) is 0 Å². The topological polar surface area (TPSA) is 29.5 Å². The Labute approximate surface area is 102 Å². The van der Waals surface area contributed by atoms with Crippen molar-refractivity contribution in [1.82, 2.24) is 4.90 Å². The highest BCUT2D eigenvalue weighted by atomic mass is 16.5. The SMILES string of the molecule is CCc1ccc(OCC(=O)N(C)C2CC2)cc1. The third kappa shape index (κ3) is 3.22. The molecule has 1 fully saturated rings. The highest BCUT2D eigenvalue weighted by molar-refractivity contribution is 5.78. The quantitative estimate of drug-likeness (QED) is 0.780. The maximum absolute atomic E-state index is 11.7. The molecule has 0 atom stereocenters. The fourth-order valence-electron chi connectivity index (χ4n) is 1.73. The van der Waals surface area contributed by atoms with Crippen LogP contribution in [-0.4, -0.2) is 30.5 Å². The van der Waals surface area contributed by atoms with Crippen LogP contribution < -0.4 is 4.74 Å². The van der Waals surface area contributed by atoms with Gasteiger partial charge in [0.2, 0.25) is 0 Å². The van der Waals surface area contributed by atoms with Gasteiger partial charge in [0.25, 0.3) is 5.91 Å². The molecule has 1 aromatic carbocycles. The second kappa shape index (κ2) is 5.21. The third-order valence-electron chi connectivity index (χ3n) is 3.18. The number of ether oxygens (including phenoxy) is 1. The lowest BCUT2D eigenvalue weighted by Crippen LogP contribution is -2.33. The molecular weight excluding hydrogens is 214 g/mol. The average Bonchev–Trinajstić information content (AvgIpc) is 3.20. The van der Waals surface area contributed by atoms with E-state index in [-0.39, 0.29) is 12.5 Å². The van der Waals surface area contributed by atoms with Crippen molar-refractivity contribution in [2.75, 3.05) is 13.7 Å². The van der Waals surface area contributed by atoms with Crippen LogP contribution in [0, 0.1) is 0 Å². The van der Waals surface area contributed by atoms with Crippen LogP contribution in [0.3, 0.4) is 0 Å². The highest BCUT2D eigenvalue weighted by Crippen LogP contribution is 2.25. The fraction of sp³-hybridized carbons (Fsp3) is 0.500. The van der Waals surface area contributed by atoms with Gasteiger partial charge < -0.3 is 9.64 Å². The van der Waals surface area contributed by atoms with Crippen molar-refractivity contribution >= 4 is 5.91 Å². The Balaban J connectivity index is 1.82. The molecule has 1 aliphatic rings. The van der Waals surface area contributed by atoms with E-state index in [1.54, 1.807) is 4.90 Å². The normalized spacial score (nSPS) is 14.5. The number of hydrogen-bond acceptors (Lipinski definition) is 2. The van der Waals surface area contributed by atoms with Gasteiger partial charge in [-0.2, -0.15) is 0 Å². The zero-order valence-corrected chi connectivity index (χ0v) is 10.5. The first kappa shape index (κ1) is 12.0. The van der Waals surface area contributed by atoms with Crippen LogP contribution in [0.4, 0.5) is 0 Å². The van der Waals surface area contributed by atoms with E-state index in [1.165, 1.54) is 5.56 Å². The number of benzene rings is 1. The van der Waals surface area contributed by atoms with Gasteiger partial charge >= 0.3 is 0 Å². The van der Waals surface area contributed by atoms with E-state index in [4.69, 9.17) is 4.74 Å². The Morgan fingerprint density at radius 3 is 2.53 bits per heavy atom. The molecule has 0 aromatic heterocycles. The number of aryl methyl sites for hydroxylation is 1. The monoisotopic (exact) mass is 233 g/mol. The van der Waals surface area contributed by atoms with Crippen molar-refractivity contribution < 1.29 is 9.53 Å². The van der Waals surface area contributed by atoms with E-state index >= 15 is 0 Å². The summed E-state index contributed by atoms with van der Waals surface area (Å²) in [7, 11) is 1.85. The molecule has 3 nitrogen and oxygen atoms in total. The molecule has 2 rings (SSSR count). The van der Waals surface area contributed by atoms with Crippen molar-refractivity contribution in [2.24, 2.45) is 0 Å². The van der Waals surface area contributed by atoms with Crippen LogP contribution in [0.15, 0.2) is 24.3 Å². The number of rotatable bonds is 5. The summed E-state index contributed by atoms with van der Waals surface area (Å²) in [5, 5.41) is 0. The van der Waals surface area contributed by atoms with Crippen molar-refractivity contribution in [2.45, 2.75) is 32.2 Å². The molecule has 0 unspecified atom stereocenters. The van der Waals surface area contributed by atoms with Gasteiger partial charge in [-0.25, -0.2) is 0 Å². The lowest BCUT2D eigenvalue weighted by molar-refractivity contribution is -0.132. The Hall–Kier alpha value is -1.51. The molecule has 0 N–H and O–H groups in total. The van der Waals surface area contributed by atoms with Crippen LogP contribution in [0.1, 0.15) is 25.3 Å². The molecule has 1 saturated carbocycles. The summed E-state index contributed by atoms with van der Waals surface area (Å²) < 4.78 is 5.48. The van der Waals surface area contributed by atoms with Crippen LogP contribution in [0.25, 0.3) is 0 Å². The summed E-state index contributed by atoms with van der Waals surface area (Å²) in [6.07, 6.45) is 3.28. The Kier molecular flexibility index (Phi) is 3.67. The fourth-order valence-corrected chi connectivity index (χ4v) is 1.73. The highest BCUT2D eigenvalue weighted by Gasteiger charge is 2.29. The number of carbonyl (C=O) groups is 1. The molecule has 1 aromatic rings. The smallest absolute Gasteiger partial charge is 0.260 e. The second-order valence-corrected chi connectivity index (χ2v) is 4.52. The van der Waals surface area contributed by atoms with Crippen molar-refractivity contribution in [3.05, 3.63) is 29.8 Å². The summed E-state index contributed by atoms with van der Waals surface area (Å²) in [6.45, 7) is 2.25. The van der Waals surface area contributed by atoms with E-state index in [0.717, 1.165) is 25.0 Å². The standard InChI is InChI=1S/C14H19NO2/c1-3-11-4-8-13(9-5-11)17-10-14(16)15(2)12-6-7-12/h4-5,8-9,12H,3,6-7,10H2,1-2H3. The van der Waals surface area contributed by atoms with Crippen LogP contribution in [0.2, 0.25) is 0 Å². The van der Waals surface area contributed by atoms with E-state index in [2.05, 4.69) is 6.92 Å². The first-order valence-corrected chi connectivity index (χ1v) is 6.18. The second-order valence-electron chi connectivity index (χ2n) is 4.52. The van der Waals surface area contributed by atoms with Crippen LogP contribution >= 0.6 is 0 Å².